The first-order valence-electron chi connectivity index (χ1n) is 42.0. The topological polar surface area (TPSA) is 280 Å². The Bertz CT molecular complexity index is 3300. The van der Waals surface area contributed by atoms with E-state index >= 15 is 52.7 Å². The van der Waals surface area contributed by atoms with Gasteiger partial charge >= 0.3 is 6.18 Å². The van der Waals surface area contributed by atoms with E-state index in [4.69, 9.17) is 9.47 Å². The highest BCUT2D eigenvalue weighted by Crippen LogP contribution is 2.45. The third-order valence-corrected chi connectivity index (χ3v) is 26.7. The molecule has 2 bridgehead atoms. The molecule has 4 heterocycles. The maximum Gasteiger partial charge on any atom is 0.394 e. The van der Waals surface area contributed by atoms with Crippen molar-refractivity contribution in [2.24, 2.45) is 41.4 Å². The molecule has 624 valence electrons. The molecule has 0 aromatic rings. The molecule has 8 fully saturated rings. The van der Waals surface area contributed by atoms with Gasteiger partial charge in [-0.05, 0) is 159 Å². The maximum atomic E-state index is 15.9. The minimum absolute atomic E-state index is 0.0300. The van der Waals surface area contributed by atoms with E-state index in [2.05, 4.69) is 17.6 Å². The Balaban J connectivity index is 1.11. The lowest BCUT2D eigenvalue weighted by atomic mass is 9.73. The Hall–Kier alpha value is -6.91. The van der Waals surface area contributed by atoms with Gasteiger partial charge in [-0.1, -0.05) is 91.2 Å². The van der Waals surface area contributed by atoms with Gasteiger partial charge in [0.1, 0.15) is 54.4 Å². The van der Waals surface area contributed by atoms with Gasteiger partial charge in [-0.3, -0.25) is 57.5 Å². The summed E-state index contributed by atoms with van der Waals surface area (Å²) >= 11 is 0. The summed E-state index contributed by atoms with van der Waals surface area (Å²) in [5.74, 6) is -10.1. The van der Waals surface area contributed by atoms with Crippen LogP contribution in [0, 0.1) is 41.4 Å². The van der Waals surface area contributed by atoms with E-state index in [-0.39, 0.29) is 121 Å². The van der Waals surface area contributed by atoms with Crippen molar-refractivity contribution in [2.75, 3.05) is 102 Å². The van der Waals surface area contributed by atoms with Crippen molar-refractivity contribution < 1.29 is 80.2 Å². The zero-order valence-electron chi connectivity index (χ0n) is 68.5. The molecule has 3 saturated heterocycles. The smallest absolute Gasteiger partial charge is 0.381 e. The zero-order valence-corrected chi connectivity index (χ0v) is 68.5. The molecule has 111 heavy (non-hydrogen) atoms. The lowest BCUT2D eigenvalue weighted by Gasteiger charge is -2.51. The number of nitrogens with one attached hydrogen (secondary N) is 2. The lowest BCUT2D eigenvalue weighted by Crippen LogP contribution is -2.68. The predicted molar refractivity (Wildman–Crippen MR) is 410 cm³/mol. The number of rotatable bonds is 16. The molecule has 4 aliphatic heterocycles. The highest BCUT2D eigenvalue weighted by molar-refractivity contribution is 6.01. The Morgan fingerprint density at radius 1 is 0.640 bits per heavy atom. The van der Waals surface area contributed by atoms with Crippen LogP contribution in [0.25, 0.3) is 0 Å². The molecule has 12 amide bonds. The van der Waals surface area contributed by atoms with E-state index in [1.54, 1.807) is 23.8 Å². The number of carbonyl (C=O) groups excluding carboxylic acids is 12. The molecule has 0 aromatic heterocycles. The highest BCUT2D eigenvalue weighted by Gasteiger charge is 2.57. The summed E-state index contributed by atoms with van der Waals surface area (Å²) in [5, 5.41) is 5.98. The molecule has 0 radical (unpaired) electrons. The van der Waals surface area contributed by atoms with Gasteiger partial charge in [0.05, 0.1) is 37.0 Å². The minimum Gasteiger partial charge on any atom is -0.381 e. The Morgan fingerprint density at radius 3 is 1.93 bits per heavy atom. The van der Waals surface area contributed by atoms with Gasteiger partial charge in [0.25, 0.3) is 0 Å². The number of likely N-dealkylation sites (tertiary alicyclic amines) is 1. The number of methoxy groups -OCH3 is 1. The van der Waals surface area contributed by atoms with Crippen LogP contribution in [0.15, 0.2) is 12.2 Å². The normalized spacial score (nSPS) is 32.2. The Kier molecular flexibility index (Phi) is 31.3. The zero-order chi connectivity index (χ0) is 80.9. The van der Waals surface area contributed by atoms with Crippen molar-refractivity contribution in [1.82, 2.24) is 59.6 Å². The number of fused-ring (bicyclic) bond motifs is 3. The molecule has 5 aliphatic carbocycles. The summed E-state index contributed by atoms with van der Waals surface area (Å²) in [6.45, 7) is 9.43. The number of ether oxygens (including phenoxy) is 2. The Labute approximate surface area is 656 Å². The van der Waals surface area contributed by atoms with Crippen LogP contribution < -0.4 is 10.6 Å². The molecular weight excluding hydrogens is 1430 g/mol. The first-order chi connectivity index (χ1) is 52.8. The second kappa shape index (κ2) is 39.4. The second-order valence-electron chi connectivity index (χ2n) is 34.3. The maximum absolute atomic E-state index is 15.9. The first kappa shape index (κ1) is 88.0. The van der Waals surface area contributed by atoms with Crippen molar-refractivity contribution >= 4 is 70.9 Å². The van der Waals surface area contributed by atoms with E-state index in [0.717, 1.165) is 38.5 Å². The summed E-state index contributed by atoms with van der Waals surface area (Å²) in [6, 6.07) is -8.65. The quantitative estimate of drug-likeness (QED) is 0.143. The molecule has 3 unspecified atom stereocenters. The van der Waals surface area contributed by atoms with Crippen LogP contribution in [0.3, 0.4) is 0 Å². The molecule has 2 N–H and O–H groups in total. The van der Waals surface area contributed by atoms with Gasteiger partial charge in [0.2, 0.25) is 70.9 Å². The van der Waals surface area contributed by atoms with Gasteiger partial charge in [-0.25, -0.2) is 0 Å². The summed E-state index contributed by atoms with van der Waals surface area (Å²) in [4.78, 5) is 199. The lowest BCUT2D eigenvalue weighted by molar-refractivity contribution is -0.215. The fourth-order valence-corrected chi connectivity index (χ4v) is 19.3. The van der Waals surface area contributed by atoms with E-state index in [1.807, 2.05) is 32.9 Å². The minimum atomic E-state index is -4.50. The number of alkyl halides is 3. The van der Waals surface area contributed by atoms with Crippen molar-refractivity contribution in [1.29, 1.82) is 0 Å². The van der Waals surface area contributed by atoms with Crippen molar-refractivity contribution in [2.45, 2.75) is 293 Å². The molecule has 13 atom stereocenters. The monoisotopic (exact) mass is 1560 g/mol. The molecule has 5 saturated carbocycles. The molecule has 0 aromatic carbocycles. The fraction of sp³-hybridized carbons (Fsp3) is 0.829. The summed E-state index contributed by atoms with van der Waals surface area (Å²) in [7, 11) is 10.3. The Morgan fingerprint density at radius 2 is 1.32 bits per heavy atom. The highest BCUT2D eigenvalue weighted by atomic mass is 19.4. The average molecular weight is 1570 g/mol. The van der Waals surface area contributed by atoms with Crippen LogP contribution in [-0.4, -0.2) is 294 Å². The van der Waals surface area contributed by atoms with Crippen molar-refractivity contribution in [3.63, 3.8) is 0 Å². The molecular formula is C82H131F3N12O14. The van der Waals surface area contributed by atoms with E-state index in [0.29, 0.717) is 89.6 Å². The van der Waals surface area contributed by atoms with Gasteiger partial charge in [0.15, 0.2) is 0 Å². The third-order valence-electron chi connectivity index (χ3n) is 26.7. The van der Waals surface area contributed by atoms with Crippen LogP contribution in [0.1, 0.15) is 221 Å². The van der Waals surface area contributed by atoms with Crippen molar-refractivity contribution in [3.05, 3.63) is 12.2 Å². The molecule has 9 rings (SSSR count). The summed E-state index contributed by atoms with van der Waals surface area (Å²) in [5.41, 5.74) is -1.51. The first-order valence-corrected chi connectivity index (χ1v) is 42.0. The van der Waals surface area contributed by atoms with Crippen LogP contribution >= 0.6 is 0 Å². The van der Waals surface area contributed by atoms with E-state index in [1.165, 1.54) is 81.5 Å². The van der Waals surface area contributed by atoms with Gasteiger partial charge < -0.3 is 69.1 Å². The number of likely N-dealkylation sites (N-methyl/N-ethyl adjacent to an activating group) is 6. The number of amides is 12. The second-order valence-corrected chi connectivity index (χ2v) is 34.3. The molecule has 1 spiro atoms. The SMILES string of the molecule is CCC[C@H](C)[C@@H]1NC(=O)[C@H](CCC)N(C)C(=O)C[C@@H](C(=O)N2CCCC2)N(C)C(=O)[C@H](C2CCCC2)N(C)C(=O)C2(CCC2)N(C)C(=O)[C@@H]2C[C@@H](OCC)CN2C(=O)[C@H](CCC2CCC(C(F)(F)F)C(OC)C2)CNC(=O)CN(C)C(=O)[C@H](CC2CCC(C)CC2)N2CC/C=C\C[C@@H](C2=O)N(C)C(=O)CN(C2CC2)C1=O. The van der Waals surface area contributed by atoms with Gasteiger partial charge in [-0.2, -0.15) is 13.2 Å². The average Bonchev–Trinajstić information content (AvgIpc) is 1.65. The predicted octanol–water partition coefficient (Wildman–Crippen LogP) is 7.34. The number of nitrogens with zero attached hydrogens (tertiary/aromatic N) is 10. The number of hydrogen-bond acceptors (Lipinski definition) is 14. The van der Waals surface area contributed by atoms with E-state index in [9.17, 15) is 18.0 Å². The molecule has 26 nitrogen and oxygen atoms in total. The van der Waals surface area contributed by atoms with Crippen LogP contribution in [-0.2, 0) is 67.0 Å². The van der Waals surface area contributed by atoms with E-state index < -0.39 is 174 Å². The third kappa shape index (κ3) is 21.0. The summed E-state index contributed by atoms with van der Waals surface area (Å²) < 4.78 is 54.7. The van der Waals surface area contributed by atoms with Gasteiger partial charge in [0, 0.05) is 101 Å². The molecule has 29 heteroatoms. The summed E-state index contributed by atoms with van der Waals surface area (Å²) in [6.07, 6.45) is 9.36. The van der Waals surface area contributed by atoms with Gasteiger partial charge in [-0.15, -0.1) is 0 Å². The standard InChI is InChI=1S/C82H131F3N12O14/c1-13-24-53(5)70-78(107)96(58-36-37-58)51-69(100)90(8)62-28-17-16-20-43-95(77(62)106)64(44-54-31-29-52(4)30-32-54)74(103)88(6)50-67(98)86-48-57(35-33-55-34-38-60(82(83,84)85)66(45-55)110-12)73(102)97-49-59(111-15-3)46-65(97)75(104)93(11)81(39-23-40-81)80(109)92(10)71(56-26-18-19-27-56)79(108)91(9)63(76(105)94-41-21-22-42-94)47-68(99)89(7)61(25-14-2)72(101)87-70/h16-17,52-66,70-71H,13-15,18-51H2,1-12H3,(H,86,98)(H,87,101)/b17-16-/t52?,53-,54?,55?,57+,59+,60?,61-,62-,63-,64-,65-,66?,70-,71-/m0/s1. The number of carbonyl (C=O) groups is 12. The number of halogens is 3. The number of hydrogen-bond donors (Lipinski definition) is 2. The fourth-order valence-electron chi connectivity index (χ4n) is 19.3. The molecule has 9 aliphatic rings. The van der Waals surface area contributed by atoms with Crippen LogP contribution in [0.5, 0.6) is 0 Å². The van der Waals surface area contributed by atoms with Crippen LogP contribution in [0.4, 0.5) is 13.2 Å². The van der Waals surface area contributed by atoms with Crippen LogP contribution in [0.2, 0.25) is 0 Å². The largest absolute Gasteiger partial charge is 0.394 e. The van der Waals surface area contributed by atoms with Crippen molar-refractivity contribution in [3.8, 4) is 0 Å².